The van der Waals surface area contributed by atoms with Gasteiger partial charge >= 0.3 is 5.97 Å². The monoisotopic (exact) mass is 388 g/mol. The van der Waals surface area contributed by atoms with Crippen molar-refractivity contribution >= 4 is 17.8 Å². The topological polar surface area (TPSA) is 105 Å². The molecule has 2 aromatic rings. The van der Waals surface area contributed by atoms with Gasteiger partial charge in [0.1, 0.15) is 11.6 Å². The van der Waals surface area contributed by atoms with Crippen LogP contribution in [0.1, 0.15) is 31.8 Å². The maximum absolute atomic E-state index is 12.9. The zero-order valence-corrected chi connectivity index (χ0v) is 15.5. The van der Waals surface area contributed by atoms with Gasteiger partial charge in [0.05, 0.1) is 0 Å². The third kappa shape index (κ3) is 5.80. The molecule has 148 valence electrons. The lowest BCUT2D eigenvalue weighted by molar-refractivity contribution is -0.139. The Morgan fingerprint density at radius 1 is 0.929 bits per heavy atom. The molecule has 0 aliphatic heterocycles. The molecule has 0 heterocycles. The summed E-state index contributed by atoms with van der Waals surface area (Å²) in [5, 5.41) is 14.0. The van der Waals surface area contributed by atoms with Gasteiger partial charge in [-0.05, 0) is 61.4 Å². The first-order chi connectivity index (χ1) is 13.3. The fourth-order valence-corrected chi connectivity index (χ4v) is 2.60. The first kappa shape index (κ1) is 20.9. The highest BCUT2D eigenvalue weighted by Crippen LogP contribution is 2.24. The quantitative estimate of drug-likeness (QED) is 0.601. The number of halogens is 1. The van der Waals surface area contributed by atoms with E-state index in [4.69, 9.17) is 9.84 Å². The first-order valence-corrected chi connectivity index (χ1v) is 8.55. The number of hydrogen-bond acceptors (Lipinski definition) is 4. The number of rotatable bonds is 8. The molecule has 0 radical (unpaired) electrons. The predicted octanol–water partition coefficient (Wildman–Crippen LogP) is 2.07. The van der Waals surface area contributed by atoms with E-state index in [1.165, 1.54) is 24.3 Å². The second-order valence-electron chi connectivity index (χ2n) is 6.14. The molecule has 3 N–H and O–H groups in total. The number of carboxylic acids is 1. The Balaban J connectivity index is 1.86. The molecule has 2 rings (SSSR count). The van der Waals surface area contributed by atoms with E-state index in [9.17, 15) is 18.8 Å². The molecule has 0 aliphatic rings. The van der Waals surface area contributed by atoms with Crippen molar-refractivity contribution in [3.8, 4) is 5.75 Å². The SMILES string of the molecule is Cc1cc(C(=O)NCCNC(=O)c2ccc(F)cc2)cc(C)c1OCC(=O)O. The Bertz CT molecular complexity index is 858. The summed E-state index contributed by atoms with van der Waals surface area (Å²) in [5.74, 6) is -1.75. The molecule has 7 nitrogen and oxygen atoms in total. The molecular formula is C20H21FN2O5. The van der Waals surface area contributed by atoms with E-state index in [2.05, 4.69) is 10.6 Å². The Hall–Kier alpha value is -3.42. The Morgan fingerprint density at radius 2 is 1.43 bits per heavy atom. The lowest BCUT2D eigenvalue weighted by Gasteiger charge is -2.13. The van der Waals surface area contributed by atoms with Crippen LogP contribution in [0.3, 0.4) is 0 Å². The standard InChI is InChI=1S/C20H21FN2O5/c1-12-9-15(10-13(2)18(12)28-11-17(24)25)20(27)23-8-7-22-19(26)14-3-5-16(21)6-4-14/h3-6,9-10H,7-8,11H2,1-2H3,(H,22,26)(H,23,27)(H,24,25). The van der Waals surface area contributed by atoms with Gasteiger partial charge < -0.3 is 20.5 Å². The van der Waals surface area contributed by atoms with Crippen LogP contribution in [-0.2, 0) is 4.79 Å². The fraction of sp³-hybridized carbons (Fsp3) is 0.250. The molecule has 2 amide bonds. The average molecular weight is 388 g/mol. The van der Waals surface area contributed by atoms with Gasteiger partial charge in [0.25, 0.3) is 11.8 Å². The minimum Gasteiger partial charge on any atom is -0.481 e. The van der Waals surface area contributed by atoms with Crippen LogP contribution in [0.2, 0.25) is 0 Å². The third-order valence-electron chi connectivity index (χ3n) is 3.87. The average Bonchev–Trinajstić information content (AvgIpc) is 2.64. The van der Waals surface area contributed by atoms with E-state index in [0.29, 0.717) is 28.0 Å². The van der Waals surface area contributed by atoms with Crippen LogP contribution in [0.15, 0.2) is 36.4 Å². The number of aryl methyl sites for hydroxylation is 2. The van der Waals surface area contributed by atoms with Crippen LogP contribution in [-0.4, -0.2) is 42.6 Å². The second kappa shape index (κ2) is 9.50. The first-order valence-electron chi connectivity index (χ1n) is 8.55. The number of amides is 2. The van der Waals surface area contributed by atoms with E-state index in [1.54, 1.807) is 26.0 Å². The molecule has 0 fully saturated rings. The van der Waals surface area contributed by atoms with E-state index in [1.807, 2.05) is 0 Å². The van der Waals surface area contributed by atoms with E-state index in [0.717, 1.165) is 0 Å². The largest absolute Gasteiger partial charge is 0.481 e. The Kier molecular flexibility index (Phi) is 7.08. The van der Waals surface area contributed by atoms with Crippen molar-refractivity contribution in [2.75, 3.05) is 19.7 Å². The lowest BCUT2D eigenvalue weighted by Crippen LogP contribution is -2.34. The maximum Gasteiger partial charge on any atom is 0.341 e. The zero-order valence-electron chi connectivity index (χ0n) is 15.5. The van der Waals surface area contributed by atoms with E-state index < -0.39 is 18.4 Å². The molecule has 2 aromatic carbocycles. The summed E-state index contributed by atoms with van der Waals surface area (Å²) in [4.78, 5) is 34.8. The highest BCUT2D eigenvalue weighted by molar-refractivity contribution is 5.95. The van der Waals surface area contributed by atoms with Gasteiger partial charge in [0.2, 0.25) is 0 Å². The highest BCUT2D eigenvalue weighted by atomic mass is 19.1. The molecule has 0 aliphatic carbocycles. The van der Waals surface area contributed by atoms with Crippen molar-refractivity contribution in [3.63, 3.8) is 0 Å². The van der Waals surface area contributed by atoms with Crippen molar-refractivity contribution in [1.82, 2.24) is 10.6 Å². The number of ether oxygens (including phenoxy) is 1. The van der Waals surface area contributed by atoms with Gasteiger partial charge in [-0.1, -0.05) is 0 Å². The second-order valence-corrected chi connectivity index (χ2v) is 6.14. The van der Waals surface area contributed by atoms with Crippen molar-refractivity contribution in [1.29, 1.82) is 0 Å². The molecule has 0 bridgehead atoms. The van der Waals surface area contributed by atoms with Crippen LogP contribution in [0.5, 0.6) is 5.75 Å². The number of carbonyl (C=O) groups is 3. The van der Waals surface area contributed by atoms with Crippen LogP contribution in [0.25, 0.3) is 0 Å². The number of carboxylic acid groups (broad SMARTS) is 1. The molecular weight excluding hydrogens is 367 g/mol. The smallest absolute Gasteiger partial charge is 0.341 e. The summed E-state index contributed by atoms with van der Waals surface area (Å²) in [7, 11) is 0. The molecule has 0 saturated carbocycles. The van der Waals surface area contributed by atoms with Crippen LogP contribution in [0, 0.1) is 19.7 Å². The number of nitrogens with one attached hydrogen (secondary N) is 2. The normalized spacial score (nSPS) is 10.2. The van der Waals surface area contributed by atoms with Crippen LogP contribution < -0.4 is 15.4 Å². The molecule has 0 spiro atoms. The van der Waals surface area contributed by atoms with Crippen molar-refractivity contribution in [2.24, 2.45) is 0 Å². The summed E-state index contributed by atoms with van der Waals surface area (Å²) in [6, 6.07) is 8.37. The highest BCUT2D eigenvalue weighted by Gasteiger charge is 2.13. The van der Waals surface area contributed by atoms with Crippen molar-refractivity contribution in [2.45, 2.75) is 13.8 Å². The molecule has 0 unspecified atom stereocenters. The predicted molar refractivity (Wildman–Crippen MR) is 100 cm³/mol. The lowest BCUT2D eigenvalue weighted by atomic mass is 10.1. The molecule has 0 aromatic heterocycles. The van der Waals surface area contributed by atoms with Gasteiger partial charge in [-0.15, -0.1) is 0 Å². The minimum atomic E-state index is -1.08. The molecule has 0 saturated heterocycles. The summed E-state index contributed by atoms with van der Waals surface area (Å²) >= 11 is 0. The molecule has 8 heteroatoms. The maximum atomic E-state index is 12.9. The number of carbonyl (C=O) groups excluding carboxylic acids is 2. The zero-order chi connectivity index (χ0) is 20.7. The van der Waals surface area contributed by atoms with E-state index in [-0.39, 0.29) is 24.9 Å². The fourth-order valence-electron chi connectivity index (χ4n) is 2.60. The Labute approximate surface area is 161 Å². The van der Waals surface area contributed by atoms with Crippen molar-refractivity contribution < 1.29 is 28.6 Å². The van der Waals surface area contributed by atoms with Crippen LogP contribution >= 0.6 is 0 Å². The number of aliphatic carboxylic acids is 1. The van der Waals surface area contributed by atoms with Gasteiger partial charge in [-0.2, -0.15) is 0 Å². The number of benzene rings is 2. The van der Waals surface area contributed by atoms with Gasteiger partial charge in [0, 0.05) is 24.2 Å². The molecule has 28 heavy (non-hydrogen) atoms. The van der Waals surface area contributed by atoms with Gasteiger partial charge in [-0.3, -0.25) is 9.59 Å². The van der Waals surface area contributed by atoms with Crippen molar-refractivity contribution in [3.05, 3.63) is 64.5 Å². The Morgan fingerprint density at radius 3 is 1.93 bits per heavy atom. The van der Waals surface area contributed by atoms with Gasteiger partial charge in [-0.25, -0.2) is 9.18 Å². The summed E-state index contributed by atoms with van der Waals surface area (Å²) < 4.78 is 18.1. The summed E-state index contributed by atoms with van der Waals surface area (Å²) in [6.07, 6.45) is 0. The molecule has 0 atom stereocenters. The van der Waals surface area contributed by atoms with Gasteiger partial charge in [0.15, 0.2) is 6.61 Å². The van der Waals surface area contributed by atoms with Crippen LogP contribution in [0.4, 0.5) is 4.39 Å². The third-order valence-corrected chi connectivity index (χ3v) is 3.87. The number of hydrogen-bond donors (Lipinski definition) is 3. The summed E-state index contributed by atoms with van der Waals surface area (Å²) in [6.45, 7) is 3.41. The summed E-state index contributed by atoms with van der Waals surface area (Å²) in [5.41, 5.74) is 2.03. The minimum absolute atomic E-state index is 0.208. The van der Waals surface area contributed by atoms with E-state index >= 15 is 0 Å².